The van der Waals surface area contributed by atoms with Crippen molar-refractivity contribution in [2.45, 2.75) is 12.3 Å². The highest BCUT2D eigenvalue weighted by atomic mass is 16.5. The minimum absolute atomic E-state index is 0.0597. The first-order valence-corrected chi connectivity index (χ1v) is 7.76. The molecule has 1 N–H and O–H groups in total. The average molecular weight is 311 g/mol. The van der Waals surface area contributed by atoms with Crippen molar-refractivity contribution in [3.05, 3.63) is 59.7 Å². The van der Waals surface area contributed by atoms with Gasteiger partial charge in [-0.15, -0.1) is 0 Å². The molecule has 4 nitrogen and oxygen atoms in total. The summed E-state index contributed by atoms with van der Waals surface area (Å²) in [6, 6.07) is 16.0. The van der Waals surface area contributed by atoms with Crippen LogP contribution in [0.2, 0.25) is 0 Å². The average Bonchev–Trinajstić information content (AvgIpc) is 2.96. The van der Waals surface area contributed by atoms with Crippen molar-refractivity contribution >= 4 is 5.91 Å². The number of ether oxygens (including phenoxy) is 2. The Bertz CT molecular complexity index is 684. The van der Waals surface area contributed by atoms with Gasteiger partial charge >= 0.3 is 0 Å². The third kappa shape index (κ3) is 3.16. The molecule has 0 aliphatic carbocycles. The van der Waals surface area contributed by atoms with E-state index in [0.717, 1.165) is 12.0 Å². The number of amides is 1. The Kier molecular flexibility index (Phi) is 4.51. The number of hydrogen-bond acceptors (Lipinski definition) is 3. The Hall–Kier alpha value is -2.49. The zero-order valence-corrected chi connectivity index (χ0v) is 13.4. The molecule has 1 amide bonds. The van der Waals surface area contributed by atoms with Gasteiger partial charge in [-0.25, -0.2) is 0 Å². The van der Waals surface area contributed by atoms with Crippen molar-refractivity contribution in [3.63, 3.8) is 0 Å². The monoisotopic (exact) mass is 311 g/mol. The first kappa shape index (κ1) is 15.4. The van der Waals surface area contributed by atoms with Crippen LogP contribution in [0.15, 0.2) is 48.5 Å². The molecule has 0 aromatic heterocycles. The molecule has 0 spiro atoms. The number of benzene rings is 2. The van der Waals surface area contributed by atoms with Crippen LogP contribution in [-0.4, -0.2) is 26.7 Å². The second kappa shape index (κ2) is 6.73. The number of carbonyl (C=O) groups excluding carboxylic acids is 1. The van der Waals surface area contributed by atoms with Gasteiger partial charge in [0.1, 0.15) is 0 Å². The van der Waals surface area contributed by atoms with Crippen LogP contribution in [0, 0.1) is 5.92 Å². The topological polar surface area (TPSA) is 47.6 Å². The third-order valence-corrected chi connectivity index (χ3v) is 4.45. The SMILES string of the molecule is COc1ccc([C@H]2CNC(=O)[C@H]2Cc2ccccc2)cc1OC. The van der Waals surface area contributed by atoms with E-state index in [1.54, 1.807) is 14.2 Å². The third-order valence-electron chi connectivity index (χ3n) is 4.45. The molecular formula is C19H21NO3. The second-order valence-electron chi connectivity index (χ2n) is 5.76. The van der Waals surface area contributed by atoms with E-state index in [0.29, 0.717) is 18.0 Å². The Morgan fingerprint density at radius 2 is 1.78 bits per heavy atom. The van der Waals surface area contributed by atoms with Crippen molar-refractivity contribution in [2.24, 2.45) is 5.92 Å². The molecule has 4 heteroatoms. The second-order valence-corrected chi connectivity index (χ2v) is 5.76. The van der Waals surface area contributed by atoms with Crippen LogP contribution in [0.4, 0.5) is 0 Å². The summed E-state index contributed by atoms with van der Waals surface area (Å²) in [4.78, 5) is 12.3. The Labute approximate surface area is 136 Å². The molecule has 23 heavy (non-hydrogen) atoms. The fraction of sp³-hybridized carbons (Fsp3) is 0.316. The lowest BCUT2D eigenvalue weighted by atomic mass is 9.84. The van der Waals surface area contributed by atoms with Crippen molar-refractivity contribution in [3.8, 4) is 11.5 Å². The van der Waals surface area contributed by atoms with Gasteiger partial charge in [0.05, 0.1) is 20.1 Å². The van der Waals surface area contributed by atoms with Crippen molar-refractivity contribution in [2.75, 3.05) is 20.8 Å². The maximum absolute atomic E-state index is 12.3. The van der Waals surface area contributed by atoms with Crippen LogP contribution >= 0.6 is 0 Å². The van der Waals surface area contributed by atoms with Crippen LogP contribution in [0.5, 0.6) is 11.5 Å². The highest BCUT2D eigenvalue weighted by molar-refractivity contribution is 5.82. The summed E-state index contributed by atoms with van der Waals surface area (Å²) in [5.74, 6) is 1.60. The molecule has 0 radical (unpaired) electrons. The van der Waals surface area contributed by atoms with Gasteiger partial charge in [0.2, 0.25) is 5.91 Å². The lowest BCUT2D eigenvalue weighted by Crippen LogP contribution is -2.21. The van der Waals surface area contributed by atoms with Crippen LogP contribution < -0.4 is 14.8 Å². The molecular weight excluding hydrogens is 290 g/mol. The highest BCUT2D eigenvalue weighted by Gasteiger charge is 2.35. The number of hydrogen-bond donors (Lipinski definition) is 1. The maximum atomic E-state index is 12.3. The van der Waals surface area contributed by atoms with Crippen molar-refractivity contribution in [1.29, 1.82) is 0 Å². The molecule has 1 heterocycles. The predicted molar refractivity (Wildman–Crippen MR) is 88.9 cm³/mol. The quantitative estimate of drug-likeness (QED) is 0.923. The van der Waals surface area contributed by atoms with Gasteiger partial charge in [0.25, 0.3) is 0 Å². The van der Waals surface area contributed by atoms with E-state index >= 15 is 0 Å². The number of rotatable bonds is 5. The smallest absolute Gasteiger partial charge is 0.224 e. The van der Waals surface area contributed by atoms with Crippen LogP contribution in [0.1, 0.15) is 17.0 Å². The van der Waals surface area contributed by atoms with Crippen LogP contribution in [-0.2, 0) is 11.2 Å². The fourth-order valence-corrected chi connectivity index (χ4v) is 3.20. The summed E-state index contributed by atoms with van der Waals surface area (Å²) in [7, 11) is 3.25. The lowest BCUT2D eigenvalue weighted by Gasteiger charge is -2.19. The summed E-state index contributed by atoms with van der Waals surface area (Å²) in [6.07, 6.45) is 0.742. The van der Waals surface area contributed by atoms with E-state index in [1.165, 1.54) is 5.56 Å². The molecule has 2 atom stereocenters. The standard InChI is InChI=1S/C19H21NO3/c1-22-17-9-8-14(11-18(17)23-2)16-12-20-19(21)15(16)10-13-6-4-3-5-7-13/h3-9,11,15-16H,10,12H2,1-2H3,(H,20,21)/t15-,16+/m0/s1. The molecule has 120 valence electrons. The van der Waals surface area contributed by atoms with Gasteiger partial charge in [-0.3, -0.25) is 4.79 Å². The molecule has 0 bridgehead atoms. The maximum Gasteiger partial charge on any atom is 0.224 e. The van der Waals surface area contributed by atoms with Gasteiger partial charge in [0.15, 0.2) is 11.5 Å². The van der Waals surface area contributed by atoms with E-state index < -0.39 is 0 Å². The predicted octanol–water partition coefficient (Wildman–Crippen LogP) is 2.78. The number of methoxy groups -OCH3 is 2. The first-order valence-electron chi connectivity index (χ1n) is 7.76. The molecule has 1 fully saturated rings. The van der Waals surface area contributed by atoms with E-state index in [2.05, 4.69) is 17.4 Å². The molecule has 1 aliphatic heterocycles. The van der Waals surface area contributed by atoms with Gasteiger partial charge in [-0.2, -0.15) is 0 Å². The van der Waals surface area contributed by atoms with Crippen LogP contribution in [0.3, 0.4) is 0 Å². The van der Waals surface area contributed by atoms with E-state index in [-0.39, 0.29) is 17.7 Å². The van der Waals surface area contributed by atoms with Gasteiger partial charge in [-0.05, 0) is 29.7 Å². The lowest BCUT2D eigenvalue weighted by molar-refractivity contribution is -0.122. The molecule has 0 saturated carbocycles. The molecule has 1 saturated heterocycles. The summed E-state index contributed by atoms with van der Waals surface area (Å²) >= 11 is 0. The van der Waals surface area contributed by atoms with E-state index in [4.69, 9.17) is 9.47 Å². The Morgan fingerprint density at radius 1 is 1.04 bits per heavy atom. The number of nitrogens with one attached hydrogen (secondary N) is 1. The van der Waals surface area contributed by atoms with Crippen molar-refractivity contribution < 1.29 is 14.3 Å². The number of carbonyl (C=O) groups is 1. The summed E-state index contributed by atoms with van der Waals surface area (Å²) < 4.78 is 10.7. The Morgan fingerprint density at radius 3 is 2.48 bits per heavy atom. The normalized spacial score (nSPS) is 20.2. The van der Waals surface area contributed by atoms with Gasteiger partial charge in [-0.1, -0.05) is 36.4 Å². The minimum Gasteiger partial charge on any atom is -0.493 e. The van der Waals surface area contributed by atoms with Gasteiger partial charge in [0, 0.05) is 12.5 Å². The first-order chi connectivity index (χ1) is 11.2. The largest absolute Gasteiger partial charge is 0.493 e. The zero-order valence-electron chi connectivity index (χ0n) is 13.4. The molecule has 2 aromatic carbocycles. The van der Waals surface area contributed by atoms with Crippen LogP contribution in [0.25, 0.3) is 0 Å². The van der Waals surface area contributed by atoms with E-state index in [9.17, 15) is 4.79 Å². The summed E-state index contributed by atoms with van der Waals surface area (Å²) in [5, 5.41) is 2.99. The van der Waals surface area contributed by atoms with E-state index in [1.807, 2.05) is 36.4 Å². The summed E-state index contributed by atoms with van der Waals surface area (Å²) in [6.45, 7) is 0.659. The minimum atomic E-state index is -0.0597. The highest BCUT2D eigenvalue weighted by Crippen LogP contribution is 2.36. The summed E-state index contributed by atoms with van der Waals surface area (Å²) in [5.41, 5.74) is 2.28. The van der Waals surface area contributed by atoms with Crippen molar-refractivity contribution in [1.82, 2.24) is 5.32 Å². The molecule has 1 aliphatic rings. The fourth-order valence-electron chi connectivity index (χ4n) is 3.20. The molecule has 2 aromatic rings. The molecule has 3 rings (SSSR count). The Balaban J connectivity index is 1.87. The van der Waals surface area contributed by atoms with Gasteiger partial charge < -0.3 is 14.8 Å². The zero-order chi connectivity index (χ0) is 16.2. The molecule has 0 unspecified atom stereocenters.